The van der Waals surface area contributed by atoms with Crippen LogP contribution in [0.3, 0.4) is 0 Å². The summed E-state index contributed by atoms with van der Waals surface area (Å²) in [6.07, 6.45) is 0. The molecule has 4 heteroatoms. The molecule has 1 aromatic carbocycles. The first kappa shape index (κ1) is 9.68. The summed E-state index contributed by atoms with van der Waals surface area (Å²) in [7, 11) is 1.59. The molecule has 0 fully saturated rings. The van der Waals surface area contributed by atoms with Gasteiger partial charge >= 0.3 is 0 Å². The van der Waals surface area contributed by atoms with E-state index in [9.17, 15) is 0 Å². The Balaban J connectivity index is 3.30. The van der Waals surface area contributed by atoms with E-state index in [2.05, 4.69) is 41.3 Å². The Morgan fingerprint density at radius 2 is 2.25 bits per heavy atom. The average molecular weight is 291 g/mol. The van der Waals surface area contributed by atoms with Crippen LogP contribution in [-0.4, -0.2) is 7.11 Å². The lowest BCUT2D eigenvalue weighted by Gasteiger charge is -2.03. The van der Waals surface area contributed by atoms with E-state index >= 15 is 0 Å². The van der Waals surface area contributed by atoms with Crippen LogP contribution in [0.15, 0.2) is 17.0 Å². The van der Waals surface area contributed by atoms with Crippen molar-refractivity contribution in [3.8, 4) is 11.8 Å². The maximum atomic E-state index is 8.72. The van der Waals surface area contributed by atoms with Gasteiger partial charge < -0.3 is 4.74 Å². The van der Waals surface area contributed by atoms with Crippen molar-refractivity contribution < 1.29 is 4.74 Å². The maximum Gasteiger partial charge on any atom is 0.121 e. The van der Waals surface area contributed by atoms with Crippen LogP contribution in [0.1, 0.15) is 5.56 Å². The summed E-state index contributed by atoms with van der Waals surface area (Å²) in [5.74, 6) is 0.725. The van der Waals surface area contributed by atoms with Crippen LogP contribution < -0.4 is 4.74 Å². The minimum atomic E-state index is 0.597. The zero-order chi connectivity index (χ0) is 9.14. The molecular weight excluding hydrogens is 285 g/mol. The highest BCUT2D eigenvalue weighted by molar-refractivity contribution is 14.1. The standard InChI is InChI=1S/C8H6INOS/c1-11-5-2-7(9)6(4-10)8(12)3-5/h2-3,12H,1H3. The molecule has 0 radical (unpaired) electrons. The number of halogens is 1. The fraction of sp³-hybridized carbons (Fsp3) is 0.125. The van der Waals surface area contributed by atoms with Gasteiger partial charge in [0.2, 0.25) is 0 Å². The summed E-state index contributed by atoms with van der Waals surface area (Å²) in [4.78, 5) is 0.654. The maximum absolute atomic E-state index is 8.72. The van der Waals surface area contributed by atoms with Crippen LogP contribution in [0.2, 0.25) is 0 Å². The Morgan fingerprint density at radius 1 is 1.58 bits per heavy atom. The van der Waals surface area contributed by atoms with Gasteiger partial charge in [-0.3, -0.25) is 0 Å². The van der Waals surface area contributed by atoms with Gasteiger partial charge in [-0.25, -0.2) is 0 Å². The van der Waals surface area contributed by atoms with E-state index < -0.39 is 0 Å². The highest BCUT2D eigenvalue weighted by Crippen LogP contribution is 2.25. The summed E-state index contributed by atoms with van der Waals surface area (Å²) in [6, 6.07) is 5.61. The molecule has 0 aliphatic carbocycles. The number of thiol groups is 1. The molecular formula is C8H6INOS. The van der Waals surface area contributed by atoms with Gasteiger partial charge in [0, 0.05) is 8.47 Å². The normalized spacial score (nSPS) is 9.17. The number of benzene rings is 1. The molecule has 0 aromatic heterocycles. The van der Waals surface area contributed by atoms with E-state index in [0.29, 0.717) is 10.5 Å². The number of ether oxygens (including phenoxy) is 1. The predicted octanol–water partition coefficient (Wildman–Crippen LogP) is 2.46. The number of nitrogens with zero attached hydrogens (tertiary/aromatic N) is 1. The fourth-order valence-electron chi connectivity index (χ4n) is 0.797. The van der Waals surface area contributed by atoms with Crippen molar-refractivity contribution in [2.45, 2.75) is 4.90 Å². The molecule has 0 atom stereocenters. The second kappa shape index (κ2) is 4.01. The third-order valence-corrected chi connectivity index (χ3v) is 2.59. The van der Waals surface area contributed by atoms with E-state index in [1.807, 2.05) is 0 Å². The molecule has 0 spiro atoms. The average Bonchev–Trinajstić information content (AvgIpc) is 2.03. The van der Waals surface area contributed by atoms with Crippen LogP contribution in [0.5, 0.6) is 5.75 Å². The van der Waals surface area contributed by atoms with Crippen molar-refractivity contribution in [2.24, 2.45) is 0 Å². The zero-order valence-electron chi connectivity index (χ0n) is 6.34. The van der Waals surface area contributed by atoms with Gasteiger partial charge in [0.05, 0.1) is 12.7 Å². The van der Waals surface area contributed by atoms with Crippen LogP contribution in [0.4, 0.5) is 0 Å². The van der Waals surface area contributed by atoms with Crippen molar-refractivity contribution >= 4 is 35.2 Å². The Kier molecular flexibility index (Phi) is 3.23. The minimum Gasteiger partial charge on any atom is -0.497 e. The lowest BCUT2D eigenvalue weighted by atomic mass is 10.2. The molecule has 1 rings (SSSR count). The van der Waals surface area contributed by atoms with Gasteiger partial charge in [-0.2, -0.15) is 5.26 Å². The first-order valence-corrected chi connectivity index (χ1v) is 4.68. The van der Waals surface area contributed by atoms with Crippen LogP contribution in [-0.2, 0) is 0 Å². The van der Waals surface area contributed by atoms with Crippen molar-refractivity contribution in [2.75, 3.05) is 7.11 Å². The third kappa shape index (κ3) is 1.84. The number of hydrogen-bond donors (Lipinski definition) is 1. The van der Waals surface area contributed by atoms with Crippen molar-refractivity contribution in [1.29, 1.82) is 5.26 Å². The van der Waals surface area contributed by atoms with Gasteiger partial charge in [0.25, 0.3) is 0 Å². The van der Waals surface area contributed by atoms with E-state index in [4.69, 9.17) is 10.00 Å². The Labute approximate surface area is 90.1 Å². The lowest BCUT2D eigenvalue weighted by molar-refractivity contribution is 0.413. The first-order valence-electron chi connectivity index (χ1n) is 3.15. The number of hydrogen-bond acceptors (Lipinski definition) is 3. The molecule has 0 aliphatic rings. The van der Waals surface area contributed by atoms with Crippen molar-refractivity contribution in [3.63, 3.8) is 0 Å². The quantitative estimate of drug-likeness (QED) is 0.637. The molecule has 12 heavy (non-hydrogen) atoms. The van der Waals surface area contributed by atoms with Gasteiger partial charge in [0.1, 0.15) is 11.8 Å². The summed E-state index contributed by atoms with van der Waals surface area (Å²) in [6.45, 7) is 0. The van der Waals surface area contributed by atoms with Crippen LogP contribution >= 0.6 is 35.2 Å². The smallest absolute Gasteiger partial charge is 0.121 e. The molecule has 0 amide bonds. The number of nitriles is 1. The van der Waals surface area contributed by atoms with Gasteiger partial charge in [-0.15, -0.1) is 12.6 Å². The highest BCUT2D eigenvalue weighted by Gasteiger charge is 2.05. The minimum absolute atomic E-state index is 0.597. The Morgan fingerprint density at radius 3 is 2.67 bits per heavy atom. The molecule has 0 saturated carbocycles. The molecule has 0 aliphatic heterocycles. The predicted molar refractivity (Wildman–Crippen MR) is 57.7 cm³/mol. The molecule has 0 bridgehead atoms. The van der Waals surface area contributed by atoms with E-state index in [1.165, 1.54) is 0 Å². The molecule has 0 unspecified atom stereocenters. The molecule has 2 nitrogen and oxygen atoms in total. The number of rotatable bonds is 1. The van der Waals surface area contributed by atoms with E-state index in [-0.39, 0.29) is 0 Å². The van der Waals surface area contributed by atoms with Crippen LogP contribution in [0, 0.1) is 14.9 Å². The topological polar surface area (TPSA) is 33.0 Å². The lowest BCUT2D eigenvalue weighted by Crippen LogP contribution is -1.88. The first-order chi connectivity index (χ1) is 5.69. The molecule has 0 saturated heterocycles. The summed E-state index contributed by atoms with van der Waals surface area (Å²) < 4.78 is 5.87. The number of methoxy groups -OCH3 is 1. The fourth-order valence-corrected chi connectivity index (χ4v) is 2.03. The molecule has 1 aromatic rings. The summed E-state index contributed by atoms with van der Waals surface area (Å²) in [5, 5.41) is 8.72. The Hall–Kier alpha value is -0.410. The van der Waals surface area contributed by atoms with Crippen molar-refractivity contribution in [3.05, 3.63) is 21.3 Å². The second-order valence-corrected chi connectivity index (χ2v) is 3.76. The van der Waals surface area contributed by atoms with E-state index in [0.717, 1.165) is 9.32 Å². The highest BCUT2D eigenvalue weighted by atomic mass is 127. The Bertz CT molecular complexity index is 322. The van der Waals surface area contributed by atoms with Crippen molar-refractivity contribution in [1.82, 2.24) is 0 Å². The van der Waals surface area contributed by atoms with Gasteiger partial charge in [-0.05, 0) is 34.7 Å². The molecule has 0 N–H and O–H groups in total. The van der Waals surface area contributed by atoms with E-state index in [1.54, 1.807) is 19.2 Å². The summed E-state index contributed by atoms with van der Waals surface area (Å²) in [5.41, 5.74) is 0.597. The second-order valence-electron chi connectivity index (χ2n) is 2.12. The zero-order valence-corrected chi connectivity index (χ0v) is 9.39. The molecule has 0 heterocycles. The van der Waals surface area contributed by atoms with Gasteiger partial charge in [0.15, 0.2) is 0 Å². The third-order valence-electron chi connectivity index (χ3n) is 1.39. The summed E-state index contributed by atoms with van der Waals surface area (Å²) >= 11 is 6.25. The largest absolute Gasteiger partial charge is 0.497 e. The molecule has 62 valence electrons. The SMILES string of the molecule is COc1cc(S)c(C#N)c(I)c1. The van der Waals surface area contributed by atoms with Crippen LogP contribution in [0.25, 0.3) is 0 Å². The monoisotopic (exact) mass is 291 g/mol. The van der Waals surface area contributed by atoms with Gasteiger partial charge in [-0.1, -0.05) is 0 Å².